The Labute approximate surface area is 174 Å². The molecule has 1 N–H and O–H groups in total. The summed E-state index contributed by atoms with van der Waals surface area (Å²) in [6, 6.07) is 12.6. The highest BCUT2D eigenvalue weighted by Crippen LogP contribution is 2.33. The Morgan fingerprint density at radius 1 is 1.21 bits per heavy atom. The van der Waals surface area contributed by atoms with Crippen LogP contribution >= 0.6 is 11.6 Å². The second-order valence-electron chi connectivity index (χ2n) is 6.88. The summed E-state index contributed by atoms with van der Waals surface area (Å²) in [4.78, 5) is 11.6. The molecular formula is C20H19ClN4O3S. The highest BCUT2D eigenvalue weighted by molar-refractivity contribution is 7.89. The van der Waals surface area contributed by atoms with Crippen molar-refractivity contribution in [2.24, 2.45) is 0 Å². The topological polar surface area (TPSA) is 84.3 Å². The number of aryl methyl sites for hydroxylation is 1. The molecule has 7 nitrogen and oxygen atoms in total. The second-order valence-corrected chi connectivity index (χ2v) is 9.30. The molecule has 2 heterocycles. The minimum atomic E-state index is -3.86. The number of halogens is 1. The number of nitrogens with one attached hydrogen (secondary N) is 1. The first-order valence-electron chi connectivity index (χ1n) is 9.02. The van der Waals surface area contributed by atoms with Gasteiger partial charge in [0.25, 0.3) is 0 Å². The summed E-state index contributed by atoms with van der Waals surface area (Å²) in [5.41, 5.74) is 2.95. The number of carbonyl (C=O) groups is 1. The van der Waals surface area contributed by atoms with Crippen LogP contribution in [0, 0.1) is 0 Å². The zero-order valence-corrected chi connectivity index (χ0v) is 17.2. The maximum absolute atomic E-state index is 13.1. The third-order valence-corrected chi connectivity index (χ3v) is 7.07. The minimum absolute atomic E-state index is 0.0296. The molecule has 9 heteroatoms. The fourth-order valence-corrected chi connectivity index (χ4v) is 4.96. The number of nitrogens with zero attached hydrogens (tertiary/aromatic N) is 3. The van der Waals surface area contributed by atoms with E-state index in [1.165, 1.54) is 17.4 Å². The van der Waals surface area contributed by atoms with Crippen molar-refractivity contribution in [1.29, 1.82) is 0 Å². The number of para-hydroxylation sites is 1. The first-order valence-corrected chi connectivity index (χ1v) is 10.8. The lowest BCUT2D eigenvalue weighted by atomic mass is 10.0. The van der Waals surface area contributed by atoms with Gasteiger partial charge in [0, 0.05) is 37.5 Å². The average molecular weight is 431 g/mol. The molecule has 1 aliphatic rings. The molecule has 0 atom stereocenters. The fraction of sp³-hybridized carbons (Fsp3) is 0.200. The van der Waals surface area contributed by atoms with E-state index in [1.807, 2.05) is 30.3 Å². The normalized spacial score (nSPS) is 14.0. The molecule has 1 amide bonds. The van der Waals surface area contributed by atoms with Crippen LogP contribution in [0.5, 0.6) is 0 Å². The number of amides is 1. The fourth-order valence-electron chi connectivity index (χ4n) is 3.25. The zero-order chi connectivity index (χ0) is 20.6. The molecular weight excluding hydrogens is 412 g/mol. The van der Waals surface area contributed by atoms with Crippen LogP contribution in [0.2, 0.25) is 5.02 Å². The highest BCUT2D eigenvalue weighted by atomic mass is 35.5. The first-order chi connectivity index (χ1) is 13.8. The number of anilines is 1. The van der Waals surface area contributed by atoms with Crippen LogP contribution in [-0.2, 0) is 27.8 Å². The van der Waals surface area contributed by atoms with Gasteiger partial charge in [-0.2, -0.15) is 9.40 Å². The zero-order valence-electron chi connectivity index (χ0n) is 15.7. The van der Waals surface area contributed by atoms with Gasteiger partial charge in [0.05, 0.1) is 16.9 Å². The van der Waals surface area contributed by atoms with Crippen LogP contribution in [0.25, 0.3) is 5.69 Å². The molecule has 0 saturated carbocycles. The molecule has 3 aromatic rings. The standard InChI is InChI=1S/C20H19ClN4O3S/c1-24(12-14-11-22-25(13-14)16-5-3-2-4-6-16)29(27,28)19-10-18-15(9-17(19)21)7-8-20(26)23-18/h2-6,9-11,13H,7-8,12H2,1H3,(H,23,26). The number of hydrogen-bond acceptors (Lipinski definition) is 4. The molecule has 4 rings (SSSR count). The van der Waals surface area contributed by atoms with E-state index in [-0.39, 0.29) is 22.4 Å². The number of hydrogen-bond donors (Lipinski definition) is 1. The van der Waals surface area contributed by atoms with Crippen molar-refractivity contribution >= 4 is 33.2 Å². The van der Waals surface area contributed by atoms with Gasteiger partial charge in [0.1, 0.15) is 4.90 Å². The predicted octanol–water partition coefficient (Wildman–Crippen LogP) is 3.23. The predicted molar refractivity (Wildman–Crippen MR) is 111 cm³/mol. The lowest BCUT2D eigenvalue weighted by molar-refractivity contribution is -0.116. The third kappa shape index (κ3) is 3.91. The lowest BCUT2D eigenvalue weighted by Gasteiger charge is -2.21. The summed E-state index contributed by atoms with van der Waals surface area (Å²) in [7, 11) is -2.37. The van der Waals surface area contributed by atoms with Crippen molar-refractivity contribution < 1.29 is 13.2 Å². The molecule has 0 fully saturated rings. The van der Waals surface area contributed by atoms with Crippen LogP contribution in [0.4, 0.5) is 5.69 Å². The lowest BCUT2D eigenvalue weighted by Crippen LogP contribution is -2.27. The van der Waals surface area contributed by atoms with Crippen LogP contribution in [0.1, 0.15) is 17.5 Å². The number of aromatic nitrogens is 2. The van der Waals surface area contributed by atoms with Crippen molar-refractivity contribution in [3.05, 3.63) is 71.0 Å². The summed E-state index contributed by atoms with van der Waals surface area (Å²) in [5, 5.41) is 7.16. The van der Waals surface area contributed by atoms with Gasteiger partial charge in [0.2, 0.25) is 15.9 Å². The number of rotatable bonds is 5. The Bertz CT molecular complexity index is 1180. The molecule has 150 valence electrons. The van der Waals surface area contributed by atoms with Crippen molar-refractivity contribution in [3.8, 4) is 5.69 Å². The van der Waals surface area contributed by atoms with E-state index in [2.05, 4.69) is 10.4 Å². The van der Waals surface area contributed by atoms with E-state index in [0.29, 0.717) is 18.5 Å². The first kappa shape index (κ1) is 19.6. The van der Waals surface area contributed by atoms with E-state index in [1.54, 1.807) is 23.1 Å². The largest absolute Gasteiger partial charge is 0.326 e. The Morgan fingerprint density at radius 2 is 1.97 bits per heavy atom. The van der Waals surface area contributed by atoms with Gasteiger partial charge in [-0.15, -0.1) is 0 Å². The minimum Gasteiger partial charge on any atom is -0.326 e. The van der Waals surface area contributed by atoms with Crippen LogP contribution < -0.4 is 5.32 Å². The van der Waals surface area contributed by atoms with Crippen molar-refractivity contribution in [2.45, 2.75) is 24.3 Å². The summed E-state index contributed by atoms with van der Waals surface area (Å²) in [5.74, 6) is -0.134. The van der Waals surface area contributed by atoms with Gasteiger partial charge < -0.3 is 5.32 Å². The van der Waals surface area contributed by atoms with Gasteiger partial charge in [-0.3, -0.25) is 4.79 Å². The number of benzene rings is 2. The van der Waals surface area contributed by atoms with Crippen molar-refractivity contribution in [2.75, 3.05) is 12.4 Å². The highest BCUT2D eigenvalue weighted by Gasteiger charge is 2.27. The van der Waals surface area contributed by atoms with Crippen molar-refractivity contribution in [3.63, 3.8) is 0 Å². The van der Waals surface area contributed by atoms with Gasteiger partial charge in [0.15, 0.2) is 0 Å². The van der Waals surface area contributed by atoms with E-state index >= 15 is 0 Å². The average Bonchev–Trinajstić information content (AvgIpc) is 3.17. The monoisotopic (exact) mass is 430 g/mol. The molecule has 0 radical (unpaired) electrons. The second kappa shape index (κ2) is 7.62. The van der Waals surface area contributed by atoms with Gasteiger partial charge >= 0.3 is 0 Å². The van der Waals surface area contributed by atoms with Gasteiger partial charge in [-0.1, -0.05) is 29.8 Å². The number of fused-ring (bicyclic) bond motifs is 1. The molecule has 1 aliphatic heterocycles. The molecule has 0 spiro atoms. The maximum atomic E-state index is 13.1. The summed E-state index contributed by atoms with van der Waals surface area (Å²) >= 11 is 6.28. The Morgan fingerprint density at radius 3 is 2.72 bits per heavy atom. The quantitative estimate of drug-likeness (QED) is 0.673. The molecule has 0 bridgehead atoms. The molecule has 0 saturated heterocycles. The number of sulfonamides is 1. The maximum Gasteiger partial charge on any atom is 0.244 e. The summed E-state index contributed by atoms with van der Waals surface area (Å²) in [6.07, 6.45) is 4.32. The summed E-state index contributed by atoms with van der Waals surface area (Å²) < 4.78 is 29.1. The van der Waals surface area contributed by atoms with Crippen LogP contribution in [0.3, 0.4) is 0 Å². The summed E-state index contributed by atoms with van der Waals surface area (Å²) in [6.45, 7) is 0.134. The van der Waals surface area contributed by atoms with Gasteiger partial charge in [-0.25, -0.2) is 13.1 Å². The van der Waals surface area contributed by atoms with Crippen LogP contribution in [0.15, 0.2) is 59.8 Å². The number of carbonyl (C=O) groups excluding carboxylic acids is 1. The van der Waals surface area contributed by atoms with Crippen LogP contribution in [-0.4, -0.2) is 35.5 Å². The molecule has 1 aromatic heterocycles. The third-order valence-electron chi connectivity index (χ3n) is 4.80. The molecule has 29 heavy (non-hydrogen) atoms. The Hall–Kier alpha value is -2.68. The van der Waals surface area contributed by atoms with Gasteiger partial charge in [-0.05, 0) is 36.2 Å². The SMILES string of the molecule is CN(Cc1cnn(-c2ccccc2)c1)S(=O)(=O)c1cc2c(cc1Cl)CCC(=O)N2. The smallest absolute Gasteiger partial charge is 0.244 e. The van der Waals surface area contributed by atoms with E-state index in [0.717, 1.165) is 16.8 Å². The van der Waals surface area contributed by atoms with E-state index < -0.39 is 10.0 Å². The Kier molecular flexibility index (Phi) is 5.16. The van der Waals surface area contributed by atoms with E-state index in [4.69, 9.17) is 11.6 Å². The van der Waals surface area contributed by atoms with Crippen molar-refractivity contribution in [1.82, 2.24) is 14.1 Å². The molecule has 0 aliphatic carbocycles. The molecule has 2 aromatic carbocycles. The van der Waals surface area contributed by atoms with E-state index in [9.17, 15) is 13.2 Å². The Balaban J connectivity index is 1.59. The molecule has 0 unspecified atom stereocenters.